The molecule has 1 aromatic rings. The molecule has 0 aliphatic rings. The van der Waals surface area contributed by atoms with Crippen molar-refractivity contribution in [2.75, 3.05) is 0 Å². The highest BCUT2D eigenvalue weighted by Gasteiger charge is 2.22. The SMILES string of the molecule is CCC(C)(C)c1ccc(C(=O)OC(CCC(C)(C)C)OC(C)C)cc1. The summed E-state index contributed by atoms with van der Waals surface area (Å²) in [4.78, 5) is 12.5. The Morgan fingerprint density at radius 3 is 2.04 bits per heavy atom. The summed E-state index contributed by atoms with van der Waals surface area (Å²) in [6, 6.07) is 7.75. The average Bonchev–Trinajstić information content (AvgIpc) is 2.51. The molecule has 3 nitrogen and oxygen atoms in total. The van der Waals surface area contributed by atoms with Crippen LogP contribution < -0.4 is 0 Å². The highest BCUT2D eigenvalue weighted by molar-refractivity contribution is 5.89. The van der Waals surface area contributed by atoms with Gasteiger partial charge in [0.2, 0.25) is 6.29 Å². The first-order chi connectivity index (χ1) is 11.4. The molecule has 0 aliphatic carbocycles. The maximum Gasteiger partial charge on any atom is 0.340 e. The highest BCUT2D eigenvalue weighted by atomic mass is 16.7. The van der Waals surface area contributed by atoms with Crippen molar-refractivity contribution in [3.05, 3.63) is 35.4 Å². The molecule has 142 valence electrons. The van der Waals surface area contributed by atoms with Crippen LogP contribution in [0.4, 0.5) is 0 Å². The van der Waals surface area contributed by atoms with Crippen molar-refractivity contribution in [2.24, 2.45) is 5.41 Å². The van der Waals surface area contributed by atoms with Crippen molar-refractivity contribution >= 4 is 5.97 Å². The molecule has 0 fully saturated rings. The minimum Gasteiger partial charge on any atom is -0.432 e. The molecule has 0 saturated heterocycles. The number of hydrogen-bond acceptors (Lipinski definition) is 3. The van der Waals surface area contributed by atoms with E-state index in [0.717, 1.165) is 12.8 Å². The van der Waals surface area contributed by atoms with Crippen molar-refractivity contribution in [2.45, 2.75) is 92.5 Å². The lowest BCUT2D eigenvalue weighted by atomic mass is 9.82. The molecule has 0 aliphatic heterocycles. The van der Waals surface area contributed by atoms with Crippen LogP contribution >= 0.6 is 0 Å². The van der Waals surface area contributed by atoms with Crippen molar-refractivity contribution in [1.29, 1.82) is 0 Å². The van der Waals surface area contributed by atoms with Gasteiger partial charge in [0.15, 0.2) is 0 Å². The summed E-state index contributed by atoms with van der Waals surface area (Å²) < 4.78 is 11.4. The maximum absolute atomic E-state index is 12.5. The number of ether oxygens (including phenoxy) is 2. The van der Waals surface area contributed by atoms with E-state index in [9.17, 15) is 4.79 Å². The quantitative estimate of drug-likeness (QED) is 0.420. The van der Waals surface area contributed by atoms with Crippen LogP contribution in [-0.2, 0) is 14.9 Å². The van der Waals surface area contributed by atoms with Gasteiger partial charge in [0.1, 0.15) is 0 Å². The molecule has 1 rings (SSSR count). The fraction of sp³-hybridized carbons (Fsp3) is 0.682. The van der Waals surface area contributed by atoms with Gasteiger partial charge in [-0.05, 0) is 55.2 Å². The van der Waals surface area contributed by atoms with Crippen LogP contribution in [0.3, 0.4) is 0 Å². The first-order valence-corrected chi connectivity index (χ1v) is 9.41. The first-order valence-electron chi connectivity index (χ1n) is 9.41. The van der Waals surface area contributed by atoms with Crippen LogP contribution in [-0.4, -0.2) is 18.4 Å². The van der Waals surface area contributed by atoms with E-state index in [1.165, 1.54) is 5.56 Å². The third-order valence-corrected chi connectivity index (χ3v) is 4.58. The predicted octanol–water partition coefficient (Wildman–Crippen LogP) is 6.11. The second-order valence-corrected chi connectivity index (χ2v) is 8.93. The molecular weight excluding hydrogens is 312 g/mol. The molecule has 0 heterocycles. The maximum atomic E-state index is 12.5. The Hall–Kier alpha value is -1.35. The van der Waals surface area contributed by atoms with Crippen LogP contribution in [0.1, 0.15) is 90.6 Å². The van der Waals surface area contributed by atoms with Gasteiger partial charge in [-0.2, -0.15) is 0 Å². The fourth-order valence-corrected chi connectivity index (χ4v) is 2.46. The van der Waals surface area contributed by atoms with Gasteiger partial charge < -0.3 is 9.47 Å². The number of carbonyl (C=O) groups excluding carboxylic acids is 1. The van der Waals surface area contributed by atoms with Gasteiger partial charge in [-0.15, -0.1) is 0 Å². The van der Waals surface area contributed by atoms with Crippen molar-refractivity contribution in [1.82, 2.24) is 0 Å². The van der Waals surface area contributed by atoms with Crippen LogP contribution in [0.5, 0.6) is 0 Å². The van der Waals surface area contributed by atoms with E-state index in [0.29, 0.717) is 12.0 Å². The molecule has 1 aromatic carbocycles. The number of rotatable bonds is 8. The minimum absolute atomic E-state index is 0.0190. The Balaban J connectivity index is 2.78. The Morgan fingerprint density at radius 2 is 1.60 bits per heavy atom. The average molecular weight is 349 g/mol. The smallest absolute Gasteiger partial charge is 0.340 e. The van der Waals surface area contributed by atoms with Gasteiger partial charge >= 0.3 is 5.97 Å². The summed E-state index contributed by atoms with van der Waals surface area (Å²) in [5.41, 5.74) is 2.09. The molecule has 1 unspecified atom stereocenters. The van der Waals surface area contributed by atoms with Gasteiger partial charge in [0.05, 0.1) is 11.7 Å². The summed E-state index contributed by atoms with van der Waals surface area (Å²) >= 11 is 0. The lowest BCUT2D eigenvalue weighted by Crippen LogP contribution is -2.26. The Bertz CT molecular complexity index is 535. The Labute approximate surface area is 154 Å². The molecule has 3 heteroatoms. The summed E-state index contributed by atoms with van der Waals surface area (Å²) in [7, 11) is 0. The van der Waals surface area contributed by atoms with Gasteiger partial charge in [-0.1, -0.05) is 53.7 Å². The van der Waals surface area contributed by atoms with E-state index in [-0.39, 0.29) is 22.9 Å². The van der Waals surface area contributed by atoms with E-state index in [1.54, 1.807) is 0 Å². The van der Waals surface area contributed by atoms with Crippen LogP contribution in [0.15, 0.2) is 24.3 Å². The standard InChI is InChI=1S/C22H36O3/c1-9-22(7,8)18-12-10-17(11-13-18)20(23)25-19(24-16(2)3)14-15-21(4,5)6/h10-13,16,19H,9,14-15H2,1-8H3. The summed E-state index contributed by atoms with van der Waals surface area (Å²) in [6.45, 7) is 17.0. The number of benzene rings is 1. The molecule has 0 spiro atoms. The van der Waals surface area contributed by atoms with Gasteiger partial charge in [0, 0.05) is 6.42 Å². The van der Waals surface area contributed by atoms with Crippen LogP contribution in [0.2, 0.25) is 0 Å². The summed E-state index contributed by atoms with van der Waals surface area (Å²) in [5.74, 6) is -0.319. The topological polar surface area (TPSA) is 35.5 Å². The van der Waals surface area contributed by atoms with E-state index in [1.807, 2.05) is 38.1 Å². The Morgan fingerprint density at radius 1 is 1.04 bits per heavy atom. The first kappa shape index (κ1) is 21.7. The number of hydrogen-bond donors (Lipinski definition) is 0. The Kier molecular flexibility index (Phi) is 7.67. The minimum atomic E-state index is -0.501. The van der Waals surface area contributed by atoms with Crippen molar-refractivity contribution in [3.8, 4) is 0 Å². The zero-order chi connectivity index (χ0) is 19.3. The molecule has 1 atom stereocenters. The van der Waals surface area contributed by atoms with E-state index in [4.69, 9.17) is 9.47 Å². The van der Waals surface area contributed by atoms with E-state index >= 15 is 0 Å². The molecule has 0 radical (unpaired) electrons. The fourth-order valence-electron chi connectivity index (χ4n) is 2.46. The summed E-state index contributed by atoms with van der Waals surface area (Å²) in [5, 5.41) is 0. The normalized spacial score (nSPS) is 13.8. The molecule has 0 aromatic heterocycles. The van der Waals surface area contributed by atoms with Crippen molar-refractivity contribution < 1.29 is 14.3 Å². The van der Waals surface area contributed by atoms with Crippen molar-refractivity contribution in [3.63, 3.8) is 0 Å². The molecule has 0 N–H and O–H groups in total. The zero-order valence-corrected chi connectivity index (χ0v) is 17.3. The lowest BCUT2D eigenvalue weighted by Gasteiger charge is -2.25. The van der Waals surface area contributed by atoms with Gasteiger partial charge in [0.25, 0.3) is 0 Å². The monoisotopic (exact) mass is 348 g/mol. The molecule has 0 saturated carbocycles. The van der Waals surface area contributed by atoms with Gasteiger partial charge in [-0.3, -0.25) is 0 Å². The van der Waals surface area contributed by atoms with Crippen LogP contribution in [0, 0.1) is 5.41 Å². The number of esters is 1. The number of carbonyl (C=O) groups is 1. The summed E-state index contributed by atoms with van der Waals surface area (Å²) in [6.07, 6.45) is 2.20. The molecule has 0 bridgehead atoms. The second-order valence-electron chi connectivity index (χ2n) is 8.93. The lowest BCUT2D eigenvalue weighted by molar-refractivity contribution is -0.138. The van der Waals surface area contributed by atoms with E-state index in [2.05, 4.69) is 41.5 Å². The highest BCUT2D eigenvalue weighted by Crippen LogP contribution is 2.27. The largest absolute Gasteiger partial charge is 0.432 e. The van der Waals surface area contributed by atoms with Crippen LogP contribution in [0.25, 0.3) is 0 Å². The molecular formula is C22H36O3. The van der Waals surface area contributed by atoms with Gasteiger partial charge in [-0.25, -0.2) is 4.79 Å². The second kappa shape index (κ2) is 8.84. The third kappa shape index (κ3) is 7.60. The van der Waals surface area contributed by atoms with E-state index < -0.39 is 6.29 Å². The predicted molar refractivity (Wildman–Crippen MR) is 104 cm³/mol. The molecule has 25 heavy (non-hydrogen) atoms. The zero-order valence-electron chi connectivity index (χ0n) is 17.3. The molecule has 0 amide bonds. The third-order valence-electron chi connectivity index (χ3n) is 4.58.